The first kappa shape index (κ1) is 71.6. The van der Waals surface area contributed by atoms with E-state index in [1.165, 1.54) is 13.0 Å². The van der Waals surface area contributed by atoms with Gasteiger partial charge in [-0.25, -0.2) is 22.4 Å². The van der Waals surface area contributed by atoms with Gasteiger partial charge in [-0.15, -0.1) is 0 Å². The van der Waals surface area contributed by atoms with Crippen LogP contribution in [0.15, 0.2) is 143 Å². The molecule has 21 nitrogen and oxygen atoms in total. The molecule has 2 N–H and O–H groups in total. The van der Waals surface area contributed by atoms with Crippen molar-refractivity contribution in [2.24, 2.45) is 22.7 Å². The number of ether oxygens (including phenoxy) is 4. The number of carbonyl (C=O) groups excluding carboxylic acids is 10. The molecule has 4 aliphatic carbocycles. The lowest BCUT2D eigenvalue weighted by Crippen LogP contribution is -2.71. The highest BCUT2D eigenvalue weighted by molar-refractivity contribution is 6.36. The minimum Gasteiger partial charge on any atom is -0.497 e. The molecule has 0 radical (unpaired) electrons. The smallest absolute Gasteiger partial charge is 0.335 e. The number of H-pyrrole nitrogens is 1. The van der Waals surface area contributed by atoms with E-state index in [0.29, 0.717) is 56.0 Å². The van der Waals surface area contributed by atoms with E-state index in [-0.39, 0.29) is 35.8 Å². The number of alkyl halides is 2. The summed E-state index contributed by atoms with van der Waals surface area (Å²) in [6.07, 6.45) is -1.98. The molecule has 3 aliphatic heterocycles. The highest BCUT2D eigenvalue weighted by Crippen LogP contribution is 2.72. The average Bonchev–Trinajstić information content (AvgIpc) is 1.42. The summed E-state index contributed by atoms with van der Waals surface area (Å²) in [5.41, 5.74) is -7.33. The molecule has 7 aliphatic rings. The van der Waals surface area contributed by atoms with Crippen molar-refractivity contribution in [1.29, 1.82) is 0 Å². The molecule has 0 spiro atoms. The highest BCUT2D eigenvalue weighted by Gasteiger charge is 2.81. The Morgan fingerprint density at radius 1 is 0.786 bits per heavy atom. The quantitative estimate of drug-likeness (QED) is 0.0669. The number of imide groups is 2. The topological polar surface area (TPSA) is 289 Å². The molecule has 0 bridgehead atoms. The van der Waals surface area contributed by atoms with Crippen LogP contribution in [0.2, 0.25) is 10.0 Å². The van der Waals surface area contributed by atoms with Crippen molar-refractivity contribution in [3.63, 3.8) is 0 Å². The number of fused-ring (bicyclic) bond motifs is 8. The normalized spacial score (nSPS) is 26.9. The molecule has 98 heavy (non-hydrogen) atoms. The zero-order valence-electron chi connectivity index (χ0n) is 53.3. The van der Waals surface area contributed by atoms with Crippen LogP contribution in [-0.4, -0.2) is 132 Å². The van der Waals surface area contributed by atoms with E-state index >= 15 is 8.78 Å². The van der Waals surface area contributed by atoms with Crippen LogP contribution in [0.25, 0.3) is 10.8 Å². The van der Waals surface area contributed by atoms with E-state index < -0.39 is 177 Å². The lowest BCUT2D eigenvalue weighted by molar-refractivity contribution is -0.249. The van der Waals surface area contributed by atoms with Gasteiger partial charge in [0.1, 0.15) is 18.3 Å². The zero-order chi connectivity index (χ0) is 71.5. The number of aliphatic hydroxyl groups is 1. The Labute approximate surface area is 564 Å². The van der Waals surface area contributed by atoms with E-state index in [0.717, 1.165) is 39.8 Å². The lowest BCUT2D eigenvalue weighted by atomic mass is 9.44. The van der Waals surface area contributed by atoms with E-state index in [4.69, 9.17) is 42.1 Å². The van der Waals surface area contributed by atoms with Gasteiger partial charge in [0.25, 0.3) is 5.56 Å². The minimum atomic E-state index is -2.42. The van der Waals surface area contributed by atoms with Gasteiger partial charge in [0.2, 0.25) is 52.7 Å². The second-order valence-corrected chi connectivity index (χ2v) is 26.4. The number of aromatic nitrogens is 2. The van der Waals surface area contributed by atoms with Crippen LogP contribution in [0.4, 0.5) is 22.0 Å². The number of benzene rings is 4. The number of ketones is 4. The number of aromatic amines is 1. The SMILES string of the molecule is CC1(C)OC2CC3C4C[C@H](F)C5=CC(=O)C=C[C@]5(C)[C@@]4(F)[C@@H](O)C[C@]3(C)C2(C(=O)COC(=O)CC(=O)n2c(=O)[nH]cc(F)c2=O)O1.COc1ccc2cc([C@H](C)C(=O)N3C=C(F)C(=O)CC3=O)ccc2c1.O=C1CC(=O)N(C(=O)Cc2ccccc2Cc2c(Cl)cccc2Cl)C=C1F. The Morgan fingerprint density at radius 2 is 1.41 bits per heavy atom. The Morgan fingerprint density at radius 3 is 2.07 bits per heavy atom. The molecule has 4 amide bonds. The number of esters is 1. The van der Waals surface area contributed by atoms with Gasteiger partial charge in [-0.05, 0) is 128 Å². The first-order valence-corrected chi connectivity index (χ1v) is 31.5. The minimum absolute atomic E-state index is 0.0386. The molecular formula is C70H63Cl2F5N4O17. The maximum Gasteiger partial charge on any atom is 0.335 e. The van der Waals surface area contributed by atoms with Gasteiger partial charge in [0.05, 0.1) is 56.9 Å². The number of carbonyl (C=O) groups is 10. The number of allylic oxidation sites excluding steroid dienone is 6. The first-order chi connectivity index (χ1) is 46.1. The number of halogens is 7. The number of hydrogen-bond acceptors (Lipinski definition) is 17. The Bertz CT molecular complexity index is 4490. The summed E-state index contributed by atoms with van der Waals surface area (Å²) in [7, 11) is 1.59. The van der Waals surface area contributed by atoms with E-state index in [2.05, 4.69) is 0 Å². The number of nitrogens with one attached hydrogen (secondary N) is 1. The van der Waals surface area contributed by atoms with Crippen molar-refractivity contribution in [2.75, 3.05) is 13.7 Å². The Balaban J connectivity index is 0.000000171. The molecule has 4 unspecified atom stereocenters. The second-order valence-electron chi connectivity index (χ2n) is 25.6. The fourth-order valence-electron chi connectivity index (χ4n) is 14.5. The van der Waals surface area contributed by atoms with Gasteiger partial charge in [-0.1, -0.05) is 90.8 Å². The summed E-state index contributed by atoms with van der Waals surface area (Å²) in [4.78, 5) is 149. The van der Waals surface area contributed by atoms with Gasteiger partial charge in [-0.2, -0.15) is 8.96 Å². The molecule has 1 aromatic heterocycles. The Kier molecular flexibility index (Phi) is 19.9. The second kappa shape index (κ2) is 27.2. The molecule has 4 heterocycles. The van der Waals surface area contributed by atoms with E-state index in [1.807, 2.05) is 47.4 Å². The number of nitrogens with zero attached hydrogens (tertiary/aromatic N) is 3. The third-order valence-electron chi connectivity index (χ3n) is 19.4. The summed E-state index contributed by atoms with van der Waals surface area (Å²) < 4.78 is 96.4. The van der Waals surface area contributed by atoms with E-state index in [9.17, 15) is 75.8 Å². The maximum atomic E-state index is 17.5. The van der Waals surface area contributed by atoms with Crippen molar-refractivity contribution >= 4 is 92.6 Å². The predicted octanol–water partition coefficient (Wildman–Crippen LogP) is 8.99. The molecular weight excluding hydrogens is 1330 g/mol. The predicted molar refractivity (Wildman–Crippen MR) is 339 cm³/mol. The van der Waals surface area contributed by atoms with Crippen molar-refractivity contribution in [3.8, 4) is 5.75 Å². The molecule has 4 aromatic carbocycles. The number of hydrogen-bond donors (Lipinski definition) is 2. The van der Waals surface area contributed by atoms with Gasteiger partial charge in [-0.3, -0.25) is 62.5 Å². The van der Waals surface area contributed by atoms with Crippen LogP contribution in [0.5, 0.6) is 5.75 Å². The first-order valence-electron chi connectivity index (χ1n) is 30.8. The van der Waals surface area contributed by atoms with Crippen LogP contribution in [0.3, 0.4) is 0 Å². The average molecular weight is 1400 g/mol. The number of methoxy groups -OCH3 is 1. The molecule has 28 heteroatoms. The summed E-state index contributed by atoms with van der Waals surface area (Å²) >= 11 is 12.4. The monoisotopic (exact) mass is 1400 g/mol. The molecule has 12 rings (SSSR count). The van der Waals surface area contributed by atoms with Crippen LogP contribution in [-0.2, 0) is 70.2 Å². The molecule has 3 saturated carbocycles. The lowest BCUT2D eigenvalue weighted by Gasteiger charge is -2.63. The highest BCUT2D eigenvalue weighted by atomic mass is 35.5. The number of rotatable bonds is 12. The Hall–Kier alpha value is -9.21. The van der Waals surface area contributed by atoms with Gasteiger partial charge in [0, 0.05) is 39.4 Å². The molecule has 5 aromatic rings. The standard InChI is InChI=1S/C31H33F3N2O10.C20H14Cl2FNO3.C19H16FNO4/c1-27(2)45-22-9-15-16-8-18(32)17-7-14(37)5-6-28(17,3)30(16,34)20(38)11-29(15,4)31(22,46-27)21(39)13-44-24(41)10-23(40)36-25(42)19(33)12-35-26(36)43;21-15-6-3-7-16(22)14(15)8-12-4-1-2-5-13(12)9-19(26)24-11-17(23)18(25)10-20(24)27;1-11(19(24)21-10-16(20)17(22)9-18(21)23)12-3-4-14-8-15(25-2)6-5-13(14)7-12/h5-7,12,15-16,18,20,22,38H,8-11,13H2,1-4H3,(H,35,43);1-7,11H,8-10H2;3-8,10-11H,9H2,1-2H3/t15?,16?,18-,20-,22?,28-,29-,30-,31?;;11-/m0.0/s1. The molecule has 1 saturated heterocycles. The van der Waals surface area contributed by atoms with Crippen LogP contribution in [0.1, 0.15) is 106 Å². The zero-order valence-corrected chi connectivity index (χ0v) is 54.8. The number of amides is 4. The summed E-state index contributed by atoms with van der Waals surface area (Å²) in [6.45, 7) is 6.85. The molecule has 4 fully saturated rings. The van der Waals surface area contributed by atoms with Crippen molar-refractivity contribution in [1.82, 2.24) is 19.4 Å². The molecule has 10 atom stereocenters. The summed E-state index contributed by atoms with van der Waals surface area (Å²) in [5, 5.41) is 14.5. The van der Waals surface area contributed by atoms with Crippen molar-refractivity contribution in [3.05, 3.63) is 192 Å². The molecule has 514 valence electrons. The van der Waals surface area contributed by atoms with Gasteiger partial charge in [0.15, 0.2) is 41.1 Å². The third-order valence-corrected chi connectivity index (χ3v) is 20.1. The fraction of sp³-hybridized carbons (Fsp3) is 0.371. The number of Topliss-reactive ketones (excluding diaryl/α,β-unsaturated/α-hetero) is 3. The van der Waals surface area contributed by atoms with Gasteiger partial charge < -0.3 is 29.0 Å². The van der Waals surface area contributed by atoms with Crippen LogP contribution >= 0.6 is 23.2 Å². The summed E-state index contributed by atoms with van der Waals surface area (Å²) in [5.74, 6) is -15.3. The van der Waals surface area contributed by atoms with Crippen LogP contribution < -0.4 is 16.0 Å². The van der Waals surface area contributed by atoms with Crippen molar-refractivity contribution in [2.45, 2.75) is 127 Å². The number of aliphatic hydroxyl groups excluding tert-OH is 1. The summed E-state index contributed by atoms with van der Waals surface area (Å²) in [6, 6.07) is 23.4. The fourth-order valence-corrected chi connectivity index (χ4v) is 15.1. The van der Waals surface area contributed by atoms with Crippen LogP contribution in [0, 0.1) is 28.5 Å². The van der Waals surface area contributed by atoms with E-state index in [1.54, 1.807) is 71.2 Å². The maximum absolute atomic E-state index is 17.5. The van der Waals surface area contributed by atoms with Gasteiger partial charge >= 0.3 is 11.7 Å². The van der Waals surface area contributed by atoms with Crippen molar-refractivity contribution < 1.29 is 94.0 Å². The third kappa shape index (κ3) is 13.0. The largest absolute Gasteiger partial charge is 0.497 e.